The second kappa shape index (κ2) is 11.1. The Bertz CT molecular complexity index is 1600. The number of carbonyl (C=O) groups excluding carboxylic acids is 1. The molecular weight excluding hydrogens is 534 g/mol. The summed E-state index contributed by atoms with van der Waals surface area (Å²) in [7, 11) is 0. The molecule has 5 rings (SSSR count). The van der Waals surface area contributed by atoms with E-state index in [0.717, 1.165) is 44.9 Å². The van der Waals surface area contributed by atoms with Crippen molar-refractivity contribution in [1.29, 1.82) is 0 Å². The molecule has 0 radical (unpaired) electrons. The van der Waals surface area contributed by atoms with Gasteiger partial charge >= 0.3 is 11.9 Å². The fraction of sp³-hybridized carbons (Fsp3) is 0.0690. The predicted octanol–water partition coefficient (Wildman–Crippen LogP) is 5.34. The molecule has 4 aromatic rings. The number of nitrogens with zero attached hydrogens (tertiary/aromatic N) is 3. The first-order valence-corrected chi connectivity index (χ1v) is 13.1. The number of carboxylic acid groups (broad SMARTS) is 2. The fourth-order valence-corrected chi connectivity index (χ4v) is 5.57. The van der Waals surface area contributed by atoms with Gasteiger partial charge in [-0.25, -0.2) is 9.48 Å². The lowest BCUT2D eigenvalue weighted by molar-refractivity contribution is -0.150. The summed E-state index contributed by atoms with van der Waals surface area (Å²) in [6.45, 7) is 0. The first kappa shape index (κ1) is 26.1. The van der Waals surface area contributed by atoms with Crippen LogP contribution in [-0.4, -0.2) is 53.1 Å². The number of aromatic nitrogens is 2. The second-order valence-corrected chi connectivity index (χ2v) is 10.3. The van der Waals surface area contributed by atoms with E-state index >= 15 is 0 Å². The minimum absolute atomic E-state index is 0.00834. The fourth-order valence-electron chi connectivity index (χ4n) is 4.21. The minimum atomic E-state index is -1.57. The van der Waals surface area contributed by atoms with Gasteiger partial charge in [-0.05, 0) is 29.8 Å². The van der Waals surface area contributed by atoms with Crippen LogP contribution in [0.2, 0.25) is 0 Å². The number of benzene rings is 3. The van der Waals surface area contributed by atoms with Crippen LogP contribution >= 0.6 is 24.0 Å². The van der Waals surface area contributed by atoms with Crippen LogP contribution in [0.25, 0.3) is 34.3 Å². The van der Waals surface area contributed by atoms with Crippen molar-refractivity contribution in [1.82, 2.24) is 14.7 Å². The molecule has 1 aliphatic rings. The zero-order valence-corrected chi connectivity index (χ0v) is 21.9. The Kier molecular flexibility index (Phi) is 7.40. The Morgan fingerprint density at radius 1 is 0.923 bits per heavy atom. The van der Waals surface area contributed by atoms with Crippen LogP contribution in [0.5, 0.6) is 0 Å². The molecule has 2 heterocycles. The maximum atomic E-state index is 13.0. The highest BCUT2D eigenvalue weighted by molar-refractivity contribution is 8.26. The molecule has 1 atom stereocenters. The molecule has 1 unspecified atom stereocenters. The molecule has 1 aliphatic heterocycles. The normalized spacial score (nSPS) is 15.1. The van der Waals surface area contributed by atoms with Gasteiger partial charge in [-0.15, -0.1) is 0 Å². The van der Waals surface area contributed by atoms with Crippen molar-refractivity contribution >= 4 is 52.2 Å². The Morgan fingerprint density at radius 3 is 2.13 bits per heavy atom. The largest absolute Gasteiger partial charge is 0.481 e. The number of thioether (sulfide) groups is 1. The van der Waals surface area contributed by atoms with E-state index in [2.05, 4.69) is 0 Å². The molecule has 1 aromatic heterocycles. The standard InChI is InChI=1S/C29H21N3O5S2/c33-26(34)17-24(28(36)37)31-27(35)25(39-29(31)38)15-18-11-13-21(14-12-18)32-23(20-9-5-2-6-10-20)16-22(30-32)19-7-3-1-4-8-19/h1-16,24H,17H2,(H,33,34)(H,36,37). The SMILES string of the molecule is O=C(O)CC(C(=O)O)N1C(=O)C(=Cc2ccc(-n3nc(-c4ccccc4)cc3-c3ccccc3)cc2)SC1=S. The van der Waals surface area contributed by atoms with Crippen LogP contribution in [0.3, 0.4) is 0 Å². The van der Waals surface area contributed by atoms with Gasteiger partial charge in [-0.1, -0.05) is 96.8 Å². The van der Waals surface area contributed by atoms with Crippen molar-refractivity contribution in [2.45, 2.75) is 12.5 Å². The summed E-state index contributed by atoms with van der Waals surface area (Å²) in [4.78, 5) is 36.8. The number of aliphatic carboxylic acids is 2. The summed E-state index contributed by atoms with van der Waals surface area (Å²) in [6.07, 6.45) is 0.863. The molecule has 0 saturated carbocycles. The maximum Gasteiger partial charge on any atom is 0.327 e. The van der Waals surface area contributed by atoms with Crippen molar-refractivity contribution in [3.63, 3.8) is 0 Å². The quantitative estimate of drug-likeness (QED) is 0.221. The minimum Gasteiger partial charge on any atom is -0.481 e. The highest BCUT2D eigenvalue weighted by Crippen LogP contribution is 2.35. The zero-order chi connectivity index (χ0) is 27.5. The molecule has 1 saturated heterocycles. The lowest BCUT2D eigenvalue weighted by atomic mass is 10.1. The van der Waals surface area contributed by atoms with Crippen molar-refractivity contribution in [2.24, 2.45) is 0 Å². The molecular formula is C29H21N3O5S2. The van der Waals surface area contributed by atoms with E-state index in [1.807, 2.05) is 95.7 Å². The van der Waals surface area contributed by atoms with E-state index in [-0.39, 0.29) is 9.23 Å². The van der Waals surface area contributed by atoms with Gasteiger partial charge in [-0.3, -0.25) is 14.5 Å². The van der Waals surface area contributed by atoms with Crippen molar-refractivity contribution in [3.05, 3.63) is 101 Å². The van der Waals surface area contributed by atoms with E-state index in [4.69, 9.17) is 22.4 Å². The van der Waals surface area contributed by atoms with Gasteiger partial charge in [0.05, 0.1) is 28.4 Å². The monoisotopic (exact) mass is 555 g/mol. The van der Waals surface area contributed by atoms with E-state index in [1.54, 1.807) is 6.08 Å². The first-order chi connectivity index (χ1) is 18.8. The third kappa shape index (κ3) is 5.52. The van der Waals surface area contributed by atoms with Gasteiger partial charge in [0.1, 0.15) is 10.4 Å². The van der Waals surface area contributed by atoms with E-state index < -0.39 is 30.3 Å². The van der Waals surface area contributed by atoms with Crippen LogP contribution in [0.15, 0.2) is 95.9 Å². The Hall–Kier alpha value is -4.54. The third-order valence-corrected chi connectivity index (χ3v) is 7.40. The zero-order valence-electron chi connectivity index (χ0n) is 20.3. The van der Waals surface area contributed by atoms with Crippen molar-refractivity contribution in [2.75, 3.05) is 0 Å². The van der Waals surface area contributed by atoms with Crippen LogP contribution in [-0.2, 0) is 14.4 Å². The summed E-state index contributed by atoms with van der Waals surface area (Å²) < 4.78 is 1.87. The average molecular weight is 556 g/mol. The topological polar surface area (TPSA) is 113 Å². The molecule has 39 heavy (non-hydrogen) atoms. The second-order valence-electron chi connectivity index (χ2n) is 8.65. The van der Waals surface area contributed by atoms with E-state index in [9.17, 15) is 19.5 Å². The lowest BCUT2D eigenvalue weighted by Gasteiger charge is -2.21. The van der Waals surface area contributed by atoms with Gasteiger partial charge in [0.15, 0.2) is 0 Å². The summed E-state index contributed by atoms with van der Waals surface area (Å²) in [5.74, 6) is -3.39. The number of hydrogen-bond donors (Lipinski definition) is 2. The van der Waals surface area contributed by atoms with Gasteiger partial charge in [0.25, 0.3) is 5.91 Å². The third-order valence-electron chi connectivity index (χ3n) is 6.07. The van der Waals surface area contributed by atoms with Gasteiger partial charge in [0, 0.05) is 11.1 Å². The molecule has 10 heteroatoms. The van der Waals surface area contributed by atoms with E-state index in [0.29, 0.717) is 5.56 Å². The number of hydrogen-bond acceptors (Lipinski definition) is 6. The van der Waals surface area contributed by atoms with Crippen molar-refractivity contribution < 1.29 is 24.6 Å². The van der Waals surface area contributed by atoms with Gasteiger partial charge in [-0.2, -0.15) is 5.10 Å². The van der Waals surface area contributed by atoms with Crippen LogP contribution in [0, 0.1) is 0 Å². The molecule has 3 aromatic carbocycles. The average Bonchev–Trinajstić information content (AvgIpc) is 3.50. The summed E-state index contributed by atoms with van der Waals surface area (Å²) in [5, 5.41) is 23.4. The summed E-state index contributed by atoms with van der Waals surface area (Å²) in [6, 6.07) is 27.7. The molecule has 1 fully saturated rings. The number of amides is 1. The van der Waals surface area contributed by atoms with Crippen LogP contribution < -0.4 is 0 Å². The smallest absolute Gasteiger partial charge is 0.327 e. The van der Waals surface area contributed by atoms with Gasteiger partial charge < -0.3 is 10.2 Å². The maximum absolute atomic E-state index is 13.0. The summed E-state index contributed by atoms with van der Waals surface area (Å²) in [5.41, 5.74) is 5.26. The number of carboxylic acids is 2. The molecule has 0 bridgehead atoms. The molecule has 2 N–H and O–H groups in total. The summed E-state index contributed by atoms with van der Waals surface area (Å²) >= 11 is 6.15. The Balaban J connectivity index is 1.46. The molecule has 8 nitrogen and oxygen atoms in total. The molecule has 1 amide bonds. The number of thiocarbonyl (C=S) groups is 1. The number of rotatable bonds is 8. The highest BCUT2D eigenvalue weighted by atomic mass is 32.2. The Morgan fingerprint density at radius 2 is 1.54 bits per heavy atom. The van der Waals surface area contributed by atoms with Crippen LogP contribution in [0.4, 0.5) is 0 Å². The molecule has 0 spiro atoms. The lowest BCUT2D eigenvalue weighted by Crippen LogP contribution is -2.45. The predicted molar refractivity (Wildman–Crippen MR) is 153 cm³/mol. The Labute approximate surface area is 233 Å². The molecule has 194 valence electrons. The number of carbonyl (C=O) groups is 3. The first-order valence-electron chi connectivity index (χ1n) is 11.8. The van der Waals surface area contributed by atoms with E-state index in [1.165, 1.54) is 0 Å². The molecule has 0 aliphatic carbocycles. The van der Waals surface area contributed by atoms with Gasteiger partial charge in [0.2, 0.25) is 0 Å². The van der Waals surface area contributed by atoms with Crippen LogP contribution in [0.1, 0.15) is 12.0 Å². The van der Waals surface area contributed by atoms with Crippen molar-refractivity contribution in [3.8, 4) is 28.2 Å². The highest BCUT2D eigenvalue weighted by Gasteiger charge is 2.41.